The van der Waals surface area contributed by atoms with Gasteiger partial charge < -0.3 is 10.8 Å². The van der Waals surface area contributed by atoms with Gasteiger partial charge in [0.15, 0.2) is 0 Å². The molecule has 1 aromatic heterocycles. The Balaban J connectivity index is 2.02. The molecule has 2 unspecified atom stereocenters. The zero-order chi connectivity index (χ0) is 13.2. The van der Waals surface area contributed by atoms with Crippen molar-refractivity contribution in [2.45, 2.75) is 41.5 Å². The molecule has 0 bridgehead atoms. The summed E-state index contributed by atoms with van der Waals surface area (Å²) in [6.45, 7) is 0. The summed E-state index contributed by atoms with van der Waals surface area (Å²) in [7, 11) is 0. The number of carbonyl (C=O) groups is 1. The summed E-state index contributed by atoms with van der Waals surface area (Å²) in [5, 5.41) is 10.8. The van der Waals surface area contributed by atoms with Gasteiger partial charge in [-0.15, -0.1) is 11.8 Å². The van der Waals surface area contributed by atoms with Gasteiger partial charge in [0, 0.05) is 11.4 Å². The second-order valence-corrected chi connectivity index (χ2v) is 6.37. The summed E-state index contributed by atoms with van der Waals surface area (Å²) in [6.07, 6.45) is 4.44. The largest absolute Gasteiger partial charge is 0.480 e. The van der Waals surface area contributed by atoms with Crippen LogP contribution >= 0.6 is 23.4 Å². The highest BCUT2D eigenvalue weighted by Gasteiger charge is 2.39. The van der Waals surface area contributed by atoms with E-state index in [0.29, 0.717) is 17.9 Å². The first kappa shape index (κ1) is 13.6. The summed E-state index contributed by atoms with van der Waals surface area (Å²) in [5.74, 6) is -0.906. The fourth-order valence-corrected chi connectivity index (χ4v) is 3.53. The molecule has 3 N–H and O–H groups in total. The van der Waals surface area contributed by atoms with Gasteiger partial charge in [-0.25, -0.2) is 4.98 Å². The van der Waals surface area contributed by atoms with E-state index in [0.717, 1.165) is 17.9 Å². The SMILES string of the molecule is NC1(C(=O)O)CCCC(Sc2ccc(Cl)cn2)C1. The smallest absolute Gasteiger partial charge is 0.323 e. The summed E-state index contributed by atoms with van der Waals surface area (Å²) in [6, 6.07) is 3.63. The number of hydrogen-bond donors (Lipinski definition) is 2. The zero-order valence-corrected chi connectivity index (χ0v) is 11.4. The maximum absolute atomic E-state index is 11.2. The lowest BCUT2D eigenvalue weighted by Gasteiger charge is -2.33. The van der Waals surface area contributed by atoms with Gasteiger partial charge in [-0.3, -0.25) is 4.79 Å². The van der Waals surface area contributed by atoms with E-state index in [-0.39, 0.29) is 5.25 Å². The first-order valence-corrected chi connectivity index (χ1v) is 7.06. The van der Waals surface area contributed by atoms with Gasteiger partial charge in [0.25, 0.3) is 0 Å². The molecule has 0 radical (unpaired) electrons. The first-order chi connectivity index (χ1) is 8.49. The van der Waals surface area contributed by atoms with E-state index >= 15 is 0 Å². The van der Waals surface area contributed by atoms with E-state index in [2.05, 4.69) is 4.98 Å². The van der Waals surface area contributed by atoms with Crippen molar-refractivity contribution in [3.63, 3.8) is 0 Å². The molecule has 1 aromatic rings. The number of hydrogen-bond acceptors (Lipinski definition) is 4. The Hall–Kier alpha value is -0.780. The summed E-state index contributed by atoms with van der Waals surface area (Å²) in [4.78, 5) is 15.4. The van der Waals surface area contributed by atoms with E-state index in [1.165, 1.54) is 0 Å². The van der Waals surface area contributed by atoms with Gasteiger partial charge in [-0.1, -0.05) is 11.6 Å². The van der Waals surface area contributed by atoms with Gasteiger partial charge in [-0.05, 0) is 37.8 Å². The van der Waals surface area contributed by atoms with Crippen LogP contribution in [0, 0.1) is 0 Å². The lowest BCUT2D eigenvalue weighted by Crippen LogP contribution is -2.51. The molecule has 18 heavy (non-hydrogen) atoms. The van der Waals surface area contributed by atoms with Crippen molar-refractivity contribution in [1.82, 2.24) is 4.98 Å². The molecule has 98 valence electrons. The second-order valence-electron chi connectivity index (χ2n) is 4.61. The van der Waals surface area contributed by atoms with Crippen LogP contribution in [-0.4, -0.2) is 26.8 Å². The van der Waals surface area contributed by atoms with E-state index in [1.807, 2.05) is 6.07 Å². The first-order valence-electron chi connectivity index (χ1n) is 5.80. The van der Waals surface area contributed by atoms with Crippen molar-refractivity contribution in [1.29, 1.82) is 0 Å². The number of thioether (sulfide) groups is 1. The molecule has 1 heterocycles. The minimum absolute atomic E-state index is 0.202. The summed E-state index contributed by atoms with van der Waals surface area (Å²) in [5.41, 5.74) is 4.83. The molecule has 0 spiro atoms. The Morgan fingerprint density at radius 3 is 3.00 bits per heavy atom. The van der Waals surface area contributed by atoms with Gasteiger partial charge in [0.05, 0.1) is 10.0 Å². The molecule has 6 heteroatoms. The van der Waals surface area contributed by atoms with Crippen molar-refractivity contribution < 1.29 is 9.90 Å². The molecular formula is C12H15ClN2O2S. The minimum Gasteiger partial charge on any atom is -0.480 e. The molecule has 0 saturated heterocycles. The van der Waals surface area contributed by atoms with Crippen molar-refractivity contribution >= 4 is 29.3 Å². The van der Waals surface area contributed by atoms with Crippen molar-refractivity contribution in [3.8, 4) is 0 Å². The fourth-order valence-electron chi connectivity index (χ4n) is 2.15. The normalized spacial score (nSPS) is 28.0. The van der Waals surface area contributed by atoms with Crippen LogP contribution in [0.1, 0.15) is 25.7 Å². The maximum atomic E-state index is 11.2. The predicted octanol–water partition coefficient (Wildman–Crippen LogP) is 2.55. The third-order valence-corrected chi connectivity index (χ3v) is 4.60. The van der Waals surface area contributed by atoms with Crippen molar-refractivity contribution in [2.75, 3.05) is 0 Å². The number of nitrogens with two attached hydrogens (primary N) is 1. The lowest BCUT2D eigenvalue weighted by molar-refractivity contribution is -0.144. The van der Waals surface area contributed by atoms with Crippen LogP contribution in [0.25, 0.3) is 0 Å². The van der Waals surface area contributed by atoms with Gasteiger partial charge in [0.2, 0.25) is 0 Å². The quantitative estimate of drug-likeness (QED) is 0.893. The second kappa shape index (κ2) is 5.47. The van der Waals surface area contributed by atoms with Crippen LogP contribution in [0.15, 0.2) is 23.4 Å². The molecular weight excluding hydrogens is 272 g/mol. The van der Waals surface area contributed by atoms with Gasteiger partial charge in [-0.2, -0.15) is 0 Å². The average Bonchev–Trinajstić information content (AvgIpc) is 2.32. The topological polar surface area (TPSA) is 76.2 Å². The highest BCUT2D eigenvalue weighted by atomic mass is 35.5. The zero-order valence-electron chi connectivity index (χ0n) is 9.80. The standard InChI is InChI=1S/C12H15ClN2O2S/c13-8-3-4-10(15-7-8)18-9-2-1-5-12(14,6-9)11(16)17/h3-4,7,9H,1-2,5-6,14H2,(H,16,17). The molecule has 1 aliphatic carbocycles. The Kier molecular flexibility index (Phi) is 4.14. The van der Waals surface area contributed by atoms with Crippen molar-refractivity contribution in [3.05, 3.63) is 23.4 Å². The van der Waals surface area contributed by atoms with Crippen LogP contribution in [0.5, 0.6) is 0 Å². The number of carboxylic acids is 1. The molecule has 2 rings (SSSR count). The monoisotopic (exact) mass is 286 g/mol. The van der Waals surface area contributed by atoms with Crippen LogP contribution < -0.4 is 5.73 Å². The molecule has 4 nitrogen and oxygen atoms in total. The van der Waals surface area contributed by atoms with Crippen LogP contribution in [0.2, 0.25) is 5.02 Å². The predicted molar refractivity (Wildman–Crippen MR) is 71.9 cm³/mol. The van der Waals surface area contributed by atoms with E-state index < -0.39 is 11.5 Å². The van der Waals surface area contributed by atoms with Crippen LogP contribution in [-0.2, 0) is 4.79 Å². The maximum Gasteiger partial charge on any atom is 0.323 e. The number of rotatable bonds is 3. The Morgan fingerprint density at radius 2 is 2.39 bits per heavy atom. The highest BCUT2D eigenvalue weighted by Crippen LogP contribution is 2.36. The molecule has 0 amide bonds. The highest BCUT2D eigenvalue weighted by molar-refractivity contribution is 7.99. The molecule has 1 saturated carbocycles. The number of nitrogens with zero attached hydrogens (tertiary/aromatic N) is 1. The van der Waals surface area contributed by atoms with Crippen LogP contribution in [0.4, 0.5) is 0 Å². The molecule has 0 aromatic carbocycles. The average molecular weight is 287 g/mol. The Labute approximate surface area is 115 Å². The fraction of sp³-hybridized carbons (Fsp3) is 0.500. The lowest BCUT2D eigenvalue weighted by atomic mass is 9.82. The molecule has 1 fully saturated rings. The molecule has 1 aliphatic rings. The molecule has 0 aliphatic heterocycles. The molecule has 2 atom stereocenters. The number of halogens is 1. The number of aromatic nitrogens is 1. The van der Waals surface area contributed by atoms with E-state index in [4.69, 9.17) is 22.4 Å². The Morgan fingerprint density at radius 1 is 1.61 bits per heavy atom. The summed E-state index contributed by atoms with van der Waals surface area (Å²) >= 11 is 7.35. The number of aliphatic carboxylic acids is 1. The summed E-state index contributed by atoms with van der Waals surface area (Å²) < 4.78 is 0. The number of carboxylic acid groups (broad SMARTS) is 1. The van der Waals surface area contributed by atoms with Crippen LogP contribution in [0.3, 0.4) is 0 Å². The van der Waals surface area contributed by atoms with Gasteiger partial charge >= 0.3 is 5.97 Å². The van der Waals surface area contributed by atoms with E-state index in [9.17, 15) is 4.79 Å². The van der Waals surface area contributed by atoms with Crippen molar-refractivity contribution in [2.24, 2.45) is 5.73 Å². The van der Waals surface area contributed by atoms with Gasteiger partial charge in [0.1, 0.15) is 5.54 Å². The minimum atomic E-state index is -1.08. The third kappa shape index (κ3) is 3.16. The number of pyridine rings is 1. The third-order valence-electron chi connectivity index (χ3n) is 3.15. The Bertz CT molecular complexity index is 440. The van der Waals surface area contributed by atoms with E-state index in [1.54, 1.807) is 24.0 Å².